The van der Waals surface area contributed by atoms with Crippen LogP contribution in [0.1, 0.15) is 12.7 Å². The number of carbonyl (C=O) groups excluding carboxylic acids is 1. The predicted octanol–water partition coefficient (Wildman–Crippen LogP) is 2.49. The molecule has 0 aliphatic rings. The smallest absolute Gasteiger partial charge is 0.174 e. The molecule has 1 heterocycles. The number of aldehydes is 1. The molecule has 2 rings (SSSR count). The Morgan fingerprint density at radius 3 is 2.87 bits per heavy atom. The van der Waals surface area contributed by atoms with Crippen molar-refractivity contribution >= 4 is 28.9 Å². The first-order chi connectivity index (χ1) is 7.03. The van der Waals surface area contributed by atoms with Crippen molar-refractivity contribution < 1.29 is 14.3 Å². The van der Waals surface area contributed by atoms with Gasteiger partial charge in [-0.05, 0) is 31.2 Å². The SMILES string of the molecule is CC(O)(C=O)c1cc2cc(Cl)ccc2o1. The van der Waals surface area contributed by atoms with E-state index in [4.69, 9.17) is 16.0 Å². The van der Waals surface area contributed by atoms with E-state index in [1.807, 2.05) is 0 Å². The number of furan rings is 1. The van der Waals surface area contributed by atoms with Crippen LogP contribution >= 0.6 is 11.6 Å². The first-order valence-electron chi connectivity index (χ1n) is 4.41. The number of halogens is 1. The minimum atomic E-state index is -1.59. The zero-order chi connectivity index (χ0) is 11.1. The summed E-state index contributed by atoms with van der Waals surface area (Å²) in [6, 6.07) is 6.70. The van der Waals surface area contributed by atoms with Crippen molar-refractivity contribution in [2.75, 3.05) is 0 Å². The van der Waals surface area contributed by atoms with Gasteiger partial charge in [0.2, 0.25) is 0 Å². The summed E-state index contributed by atoms with van der Waals surface area (Å²) < 4.78 is 5.34. The van der Waals surface area contributed by atoms with Gasteiger partial charge in [0.05, 0.1) is 0 Å². The normalized spacial score (nSPS) is 15.1. The molecule has 0 saturated carbocycles. The molecule has 4 heteroatoms. The first-order valence-corrected chi connectivity index (χ1v) is 4.79. The third-order valence-corrected chi connectivity index (χ3v) is 2.44. The molecule has 2 aromatic rings. The molecule has 1 N–H and O–H groups in total. The quantitative estimate of drug-likeness (QED) is 0.798. The van der Waals surface area contributed by atoms with Crippen LogP contribution in [0.3, 0.4) is 0 Å². The van der Waals surface area contributed by atoms with E-state index in [1.165, 1.54) is 6.92 Å². The van der Waals surface area contributed by atoms with E-state index in [-0.39, 0.29) is 5.76 Å². The Labute approximate surface area is 91.3 Å². The maximum absolute atomic E-state index is 10.6. The number of hydrogen-bond acceptors (Lipinski definition) is 3. The summed E-state index contributed by atoms with van der Waals surface area (Å²) in [5.74, 6) is 0.217. The largest absolute Gasteiger partial charge is 0.458 e. The van der Waals surface area contributed by atoms with Gasteiger partial charge in [-0.1, -0.05) is 11.6 Å². The highest BCUT2D eigenvalue weighted by atomic mass is 35.5. The highest BCUT2D eigenvalue weighted by molar-refractivity contribution is 6.31. The van der Waals surface area contributed by atoms with Gasteiger partial charge in [-0.2, -0.15) is 0 Å². The van der Waals surface area contributed by atoms with Crippen molar-refractivity contribution in [2.45, 2.75) is 12.5 Å². The zero-order valence-corrected chi connectivity index (χ0v) is 8.78. The second-order valence-corrected chi connectivity index (χ2v) is 3.99. The summed E-state index contributed by atoms with van der Waals surface area (Å²) in [4.78, 5) is 10.6. The van der Waals surface area contributed by atoms with E-state index in [0.29, 0.717) is 16.9 Å². The second kappa shape index (κ2) is 3.36. The molecule has 1 aromatic carbocycles. The molecular formula is C11H9ClO3. The Balaban J connectivity index is 2.61. The molecule has 3 nitrogen and oxygen atoms in total. The van der Waals surface area contributed by atoms with Gasteiger partial charge in [0.15, 0.2) is 11.9 Å². The number of fused-ring (bicyclic) bond motifs is 1. The van der Waals surface area contributed by atoms with Gasteiger partial charge in [-0.3, -0.25) is 4.79 Å². The number of hydrogen-bond donors (Lipinski definition) is 1. The Bertz CT molecular complexity index is 514. The number of aliphatic hydroxyl groups is 1. The average molecular weight is 225 g/mol. The van der Waals surface area contributed by atoms with Crippen LogP contribution in [0.15, 0.2) is 28.7 Å². The molecule has 0 bridgehead atoms. The first kappa shape index (κ1) is 10.2. The fraction of sp³-hybridized carbons (Fsp3) is 0.182. The predicted molar refractivity (Wildman–Crippen MR) is 56.9 cm³/mol. The second-order valence-electron chi connectivity index (χ2n) is 3.56. The highest BCUT2D eigenvalue weighted by Gasteiger charge is 2.26. The van der Waals surface area contributed by atoms with Gasteiger partial charge in [-0.25, -0.2) is 0 Å². The summed E-state index contributed by atoms with van der Waals surface area (Å²) in [6.07, 6.45) is 0.437. The van der Waals surface area contributed by atoms with Crippen molar-refractivity contribution in [3.8, 4) is 0 Å². The van der Waals surface area contributed by atoms with Crippen molar-refractivity contribution in [1.82, 2.24) is 0 Å². The molecule has 0 aliphatic carbocycles. The van der Waals surface area contributed by atoms with Gasteiger partial charge in [0.1, 0.15) is 11.3 Å². The van der Waals surface area contributed by atoms with Crippen LogP contribution < -0.4 is 0 Å². The highest BCUT2D eigenvalue weighted by Crippen LogP contribution is 2.28. The summed E-state index contributed by atoms with van der Waals surface area (Å²) in [5, 5.41) is 11.0. The van der Waals surface area contributed by atoms with E-state index in [2.05, 4.69) is 0 Å². The molecule has 0 radical (unpaired) electrons. The molecule has 1 aromatic heterocycles. The Hall–Kier alpha value is -1.32. The van der Waals surface area contributed by atoms with Crippen LogP contribution in [-0.2, 0) is 10.4 Å². The summed E-state index contributed by atoms with van der Waals surface area (Å²) in [6.45, 7) is 1.37. The van der Waals surface area contributed by atoms with Gasteiger partial charge < -0.3 is 9.52 Å². The van der Waals surface area contributed by atoms with E-state index in [0.717, 1.165) is 5.39 Å². The Morgan fingerprint density at radius 2 is 2.20 bits per heavy atom. The zero-order valence-electron chi connectivity index (χ0n) is 8.03. The molecule has 1 unspecified atom stereocenters. The van der Waals surface area contributed by atoms with Crippen LogP contribution in [-0.4, -0.2) is 11.4 Å². The molecule has 78 valence electrons. The van der Waals surface area contributed by atoms with Crippen LogP contribution in [0.2, 0.25) is 5.02 Å². The van der Waals surface area contributed by atoms with Crippen molar-refractivity contribution in [2.24, 2.45) is 0 Å². The lowest BCUT2D eigenvalue weighted by molar-refractivity contribution is -0.124. The lowest BCUT2D eigenvalue weighted by atomic mass is 10.1. The fourth-order valence-electron chi connectivity index (χ4n) is 1.32. The molecule has 0 spiro atoms. The maximum atomic E-state index is 10.6. The van der Waals surface area contributed by atoms with Crippen LogP contribution in [0.25, 0.3) is 11.0 Å². The van der Waals surface area contributed by atoms with Crippen molar-refractivity contribution in [3.05, 3.63) is 35.0 Å². The van der Waals surface area contributed by atoms with E-state index < -0.39 is 5.60 Å². The Kier molecular flexibility index (Phi) is 2.29. The maximum Gasteiger partial charge on any atom is 0.174 e. The van der Waals surface area contributed by atoms with E-state index >= 15 is 0 Å². The topological polar surface area (TPSA) is 50.4 Å². The standard InChI is InChI=1S/C11H9ClO3/c1-11(14,6-13)10-5-7-4-8(12)2-3-9(7)15-10/h2-6,14H,1H3. The summed E-state index contributed by atoms with van der Waals surface area (Å²) in [7, 11) is 0. The minimum Gasteiger partial charge on any atom is -0.458 e. The van der Waals surface area contributed by atoms with Gasteiger partial charge in [-0.15, -0.1) is 0 Å². The van der Waals surface area contributed by atoms with Crippen LogP contribution in [0.5, 0.6) is 0 Å². The molecule has 15 heavy (non-hydrogen) atoms. The van der Waals surface area contributed by atoms with Gasteiger partial charge in [0, 0.05) is 10.4 Å². The summed E-state index contributed by atoms with van der Waals surface area (Å²) >= 11 is 5.80. The summed E-state index contributed by atoms with van der Waals surface area (Å²) in [5.41, 5.74) is -0.998. The van der Waals surface area contributed by atoms with Gasteiger partial charge in [0.25, 0.3) is 0 Å². The molecule has 0 fully saturated rings. The average Bonchev–Trinajstić information content (AvgIpc) is 2.61. The molecule has 0 aliphatic heterocycles. The van der Waals surface area contributed by atoms with Crippen LogP contribution in [0, 0.1) is 0 Å². The number of benzene rings is 1. The Morgan fingerprint density at radius 1 is 1.47 bits per heavy atom. The minimum absolute atomic E-state index is 0.217. The third kappa shape index (κ3) is 1.76. The molecule has 0 amide bonds. The third-order valence-electron chi connectivity index (χ3n) is 2.21. The lowest BCUT2D eigenvalue weighted by Gasteiger charge is -2.10. The molecule has 1 atom stereocenters. The van der Waals surface area contributed by atoms with E-state index in [1.54, 1.807) is 24.3 Å². The lowest BCUT2D eigenvalue weighted by Crippen LogP contribution is -2.21. The van der Waals surface area contributed by atoms with E-state index in [9.17, 15) is 9.90 Å². The monoisotopic (exact) mass is 224 g/mol. The fourth-order valence-corrected chi connectivity index (χ4v) is 1.50. The van der Waals surface area contributed by atoms with Crippen molar-refractivity contribution in [1.29, 1.82) is 0 Å². The number of rotatable bonds is 2. The van der Waals surface area contributed by atoms with Gasteiger partial charge >= 0.3 is 0 Å². The molecule has 0 saturated heterocycles. The molecular weight excluding hydrogens is 216 g/mol. The number of carbonyl (C=O) groups is 1. The van der Waals surface area contributed by atoms with Crippen LogP contribution in [0.4, 0.5) is 0 Å². The van der Waals surface area contributed by atoms with Crippen molar-refractivity contribution in [3.63, 3.8) is 0 Å².